The maximum Gasteiger partial charge on any atom is 0.313 e. The Labute approximate surface area is 90.9 Å². The van der Waals surface area contributed by atoms with Gasteiger partial charge in [0.2, 0.25) is 0 Å². The highest BCUT2D eigenvalue weighted by Gasteiger charge is 2.30. The van der Waals surface area contributed by atoms with Crippen LogP contribution < -0.4 is 0 Å². The topological polar surface area (TPSA) is 52.6 Å². The van der Waals surface area contributed by atoms with Crippen molar-refractivity contribution >= 4 is 11.8 Å². The zero-order valence-electron chi connectivity index (χ0n) is 10.3. The predicted octanol–water partition coefficient (Wildman–Crippen LogP) is 1.71. The van der Waals surface area contributed by atoms with E-state index >= 15 is 0 Å². The normalized spacial score (nSPS) is 12.4. The van der Waals surface area contributed by atoms with Crippen molar-refractivity contribution in [3.8, 4) is 0 Å². The van der Waals surface area contributed by atoms with Crippen LogP contribution in [-0.4, -0.2) is 30.1 Å². The summed E-state index contributed by atoms with van der Waals surface area (Å²) in [5.41, 5.74) is -1.49. The van der Waals surface area contributed by atoms with E-state index in [9.17, 15) is 9.59 Å². The van der Waals surface area contributed by atoms with Gasteiger partial charge in [-0.05, 0) is 34.6 Å². The molecule has 0 spiro atoms. The summed E-state index contributed by atoms with van der Waals surface area (Å²) in [7, 11) is 1.44. The zero-order chi connectivity index (χ0) is 12.3. The fraction of sp³-hybridized carbons (Fsp3) is 0.818. The van der Waals surface area contributed by atoms with E-state index in [4.69, 9.17) is 9.47 Å². The van der Waals surface area contributed by atoms with E-state index in [0.29, 0.717) is 0 Å². The Morgan fingerprint density at radius 1 is 1.07 bits per heavy atom. The van der Waals surface area contributed by atoms with E-state index in [2.05, 4.69) is 0 Å². The average Bonchev–Trinajstić information content (AvgIpc) is 2.00. The molecule has 0 saturated heterocycles. The number of esters is 1. The molecule has 4 heteroatoms. The first-order valence-corrected chi connectivity index (χ1v) is 4.89. The van der Waals surface area contributed by atoms with Gasteiger partial charge in [0.1, 0.15) is 17.6 Å². The van der Waals surface area contributed by atoms with Crippen LogP contribution >= 0.6 is 0 Å². The van der Waals surface area contributed by atoms with E-state index in [1.54, 1.807) is 34.6 Å². The number of hydrogen-bond donors (Lipinski definition) is 0. The van der Waals surface area contributed by atoms with Crippen molar-refractivity contribution in [1.29, 1.82) is 0 Å². The first-order chi connectivity index (χ1) is 6.58. The van der Waals surface area contributed by atoms with E-state index < -0.39 is 17.2 Å². The lowest BCUT2D eigenvalue weighted by Crippen LogP contribution is -2.36. The second-order valence-electron chi connectivity index (χ2n) is 4.90. The van der Waals surface area contributed by atoms with E-state index in [1.165, 1.54) is 7.11 Å². The monoisotopic (exact) mass is 216 g/mol. The average molecular weight is 216 g/mol. The Hall–Kier alpha value is -0.900. The number of ketones is 1. The highest BCUT2D eigenvalue weighted by molar-refractivity contribution is 5.99. The molecule has 0 radical (unpaired) electrons. The van der Waals surface area contributed by atoms with Gasteiger partial charge < -0.3 is 9.47 Å². The van der Waals surface area contributed by atoms with Crippen LogP contribution in [0, 0.1) is 0 Å². The molecule has 4 nitrogen and oxygen atoms in total. The van der Waals surface area contributed by atoms with Crippen LogP contribution in [0.3, 0.4) is 0 Å². The van der Waals surface area contributed by atoms with Crippen LogP contribution in [0.25, 0.3) is 0 Å². The van der Waals surface area contributed by atoms with Crippen LogP contribution in [0.5, 0.6) is 0 Å². The number of rotatable bonds is 4. The summed E-state index contributed by atoms with van der Waals surface area (Å²) in [5.74, 6) is -0.795. The van der Waals surface area contributed by atoms with Gasteiger partial charge in [-0.3, -0.25) is 9.59 Å². The quantitative estimate of drug-likeness (QED) is 0.530. The fourth-order valence-electron chi connectivity index (χ4n) is 0.835. The minimum Gasteiger partial charge on any atom is -0.460 e. The molecule has 0 bridgehead atoms. The molecule has 0 aromatic rings. The molecule has 88 valence electrons. The van der Waals surface area contributed by atoms with Crippen molar-refractivity contribution in [2.24, 2.45) is 0 Å². The number of carbonyl (C=O) groups is 2. The Bertz CT molecular complexity index is 248. The van der Waals surface area contributed by atoms with Gasteiger partial charge in [-0.25, -0.2) is 0 Å². The van der Waals surface area contributed by atoms with E-state index in [0.717, 1.165) is 0 Å². The van der Waals surface area contributed by atoms with Crippen molar-refractivity contribution in [1.82, 2.24) is 0 Å². The molecule has 0 atom stereocenters. The summed E-state index contributed by atoms with van der Waals surface area (Å²) >= 11 is 0. The van der Waals surface area contributed by atoms with Gasteiger partial charge in [0.05, 0.1) is 0 Å². The van der Waals surface area contributed by atoms with Crippen LogP contribution in [0.15, 0.2) is 0 Å². The molecule has 0 N–H and O–H groups in total. The van der Waals surface area contributed by atoms with Crippen LogP contribution in [0.2, 0.25) is 0 Å². The summed E-state index contributed by atoms with van der Waals surface area (Å²) in [5, 5.41) is 0. The predicted molar refractivity (Wildman–Crippen MR) is 56.6 cm³/mol. The number of Topliss-reactive ketones (excluding diaryl/α,β-unsaturated/α-hetero) is 1. The number of hydrogen-bond acceptors (Lipinski definition) is 4. The molecule has 0 fully saturated rings. The molecule has 0 aliphatic heterocycles. The van der Waals surface area contributed by atoms with Crippen LogP contribution in [-0.2, 0) is 19.1 Å². The SMILES string of the molecule is COC(C)(C)C(=O)CC(=O)OC(C)(C)C. The Kier molecular flexibility index (Phi) is 4.46. The highest BCUT2D eigenvalue weighted by atomic mass is 16.6. The van der Waals surface area contributed by atoms with Crippen LogP contribution in [0.1, 0.15) is 41.0 Å². The molecule has 0 aliphatic rings. The maximum absolute atomic E-state index is 11.6. The van der Waals surface area contributed by atoms with E-state index in [1.807, 2.05) is 0 Å². The van der Waals surface area contributed by atoms with E-state index in [-0.39, 0.29) is 12.2 Å². The largest absolute Gasteiger partial charge is 0.460 e. The first-order valence-electron chi connectivity index (χ1n) is 4.89. The van der Waals surface area contributed by atoms with Crippen molar-refractivity contribution < 1.29 is 19.1 Å². The maximum atomic E-state index is 11.6. The first kappa shape index (κ1) is 14.1. The van der Waals surface area contributed by atoms with Crippen molar-refractivity contribution in [3.05, 3.63) is 0 Å². The molecule has 0 aliphatic carbocycles. The van der Waals surface area contributed by atoms with Crippen molar-refractivity contribution in [3.63, 3.8) is 0 Å². The van der Waals surface area contributed by atoms with Crippen molar-refractivity contribution in [2.75, 3.05) is 7.11 Å². The van der Waals surface area contributed by atoms with Crippen molar-refractivity contribution in [2.45, 2.75) is 52.2 Å². The molecule has 0 unspecified atom stereocenters. The van der Waals surface area contributed by atoms with Gasteiger partial charge in [0, 0.05) is 7.11 Å². The second-order valence-corrected chi connectivity index (χ2v) is 4.90. The molecule has 15 heavy (non-hydrogen) atoms. The summed E-state index contributed by atoms with van der Waals surface area (Å²) in [6.07, 6.45) is -0.252. The molecule has 0 heterocycles. The lowest BCUT2D eigenvalue weighted by molar-refractivity contribution is -0.159. The Balaban J connectivity index is 4.26. The third-order valence-corrected chi connectivity index (χ3v) is 1.91. The molecule has 0 aromatic carbocycles. The molecular weight excluding hydrogens is 196 g/mol. The Morgan fingerprint density at radius 3 is 1.87 bits per heavy atom. The molecule has 0 rings (SSSR count). The molecular formula is C11H20O4. The summed E-state index contributed by atoms with van der Waals surface area (Å²) in [6.45, 7) is 8.53. The highest BCUT2D eigenvalue weighted by Crippen LogP contribution is 2.14. The van der Waals surface area contributed by atoms with Gasteiger partial charge in [-0.1, -0.05) is 0 Å². The minimum absolute atomic E-state index is 0.252. The van der Waals surface area contributed by atoms with Gasteiger partial charge in [-0.2, -0.15) is 0 Å². The Morgan fingerprint density at radius 2 is 1.53 bits per heavy atom. The van der Waals surface area contributed by atoms with Gasteiger partial charge >= 0.3 is 5.97 Å². The minimum atomic E-state index is -0.934. The van der Waals surface area contributed by atoms with Gasteiger partial charge in [0.25, 0.3) is 0 Å². The number of carbonyl (C=O) groups excluding carboxylic acids is 2. The van der Waals surface area contributed by atoms with Gasteiger partial charge in [-0.15, -0.1) is 0 Å². The number of methoxy groups -OCH3 is 1. The number of ether oxygens (including phenoxy) is 2. The standard InChI is InChI=1S/C11H20O4/c1-10(2,3)15-9(13)7-8(12)11(4,5)14-6/h7H2,1-6H3. The molecule has 0 amide bonds. The molecule has 0 saturated carbocycles. The smallest absolute Gasteiger partial charge is 0.313 e. The third-order valence-electron chi connectivity index (χ3n) is 1.91. The summed E-state index contributed by atoms with van der Waals surface area (Å²) in [4.78, 5) is 22.9. The van der Waals surface area contributed by atoms with Crippen LogP contribution in [0.4, 0.5) is 0 Å². The molecule has 0 aromatic heterocycles. The zero-order valence-corrected chi connectivity index (χ0v) is 10.3. The lowest BCUT2D eigenvalue weighted by Gasteiger charge is -2.23. The summed E-state index contributed by atoms with van der Waals surface area (Å²) in [6, 6.07) is 0. The second kappa shape index (κ2) is 4.75. The lowest BCUT2D eigenvalue weighted by atomic mass is 10.0. The summed E-state index contributed by atoms with van der Waals surface area (Å²) < 4.78 is 10.0. The van der Waals surface area contributed by atoms with Gasteiger partial charge in [0.15, 0.2) is 5.78 Å². The third kappa shape index (κ3) is 5.52. The fourth-order valence-corrected chi connectivity index (χ4v) is 0.835.